The average molecular weight is 264 g/mol. The van der Waals surface area contributed by atoms with Crippen molar-refractivity contribution >= 4 is 11.7 Å². The van der Waals surface area contributed by atoms with Gasteiger partial charge in [-0.1, -0.05) is 13.0 Å². The van der Waals surface area contributed by atoms with Crippen LogP contribution in [0.1, 0.15) is 19.4 Å². The van der Waals surface area contributed by atoms with Crippen LogP contribution in [0.4, 0.5) is 5.82 Å². The third kappa shape index (κ3) is 5.26. The monoisotopic (exact) mass is 264 g/mol. The molecule has 1 atom stereocenters. The predicted octanol–water partition coefficient (Wildman–Crippen LogP) is 1.33. The van der Waals surface area contributed by atoms with Gasteiger partial charge in [0.2, 0.25) is 5.91 Å². The summed E-state index contributed by atoms with van der Waals surface area (Å²) in [6.45, 7) is 6.37. The Hall–Kier alpha value is -1.62. The first-order chi connectivity index (χ1) is 9.06. The fourth-order valence-corrected chi connectivity index (χ4v) is 1.98. The summed E-state index contributed by atoms with van der Waals surface area (Å²) >= 11 is 0. The third-order valence-electron chi connectivity index (χ3n) is 2.91. The Bertz CT molecular complexity index is 391. The maximum absolute atomic E-state index is 11.5. The second-order valence-corrected chi connectivity index (χ2v) is 4.79. The quantitative estimate of drug-likeness (QED) is 0.780. The standard InChI is InChI=1S/C14H24N4O/c1-5-16-13-7-6-12(8-17-13)10-18(4)9-11(2)14(19)15-3/h6-8,11H,5,9-10H2,1-4H3,(H,15,19)(H,16,17). The molecule has 0 spiro atoms. The highest BCUT2D eigenvalue weighted by atomic mass is 16.1. The first-order valence-corrected chi connectivity index (χ1v) is 6.65. The number of nitrogens with zero attached hydrogens (tertiary/aromatic N) is 2. The first kappa shape index (κ1) is 15.4. The number of carbonyl (C=O) groups excluding carboxylic acids is 1. The smallest absolute Gasteiger partial charge is 0.223 e. The summed E-state index contributed by atoms with van der Waals surface area (Å²) < 4.78 is 0. The maximum Gasteiger partial charge on any atom is 0.223 e. The van der Waals surface area contributed by atoms with Gasteiger partial charge in [-0.3, -0.25) is 4.79 Å². The highest BCUT2D eigenvalue weighted by Crippen LogP contribution is 2.08. The number of pyridine rings is 1. The fourth-order valence-electron chi connectivity index (χ4n) is 1.98. The van der Waals surface area contributed by atoms with Crippen molar-refractivity contribution in [1.82, 2.24) is 15.2 Å². The number of amides is 1. The van der Waals surface area contributed by atoms with Gasteiger partial charge in [-0.2, -0.15) is 0 Å². The van der Waals surface area contributed by atoms with E-state index in [0.29, 0.717) is 0 Å². The maximum atomic E-state index is 11.5. The molecule has 1 amide bonds. The van der Waals surface area contributed by atoms with Crippen LogP contribution in [0.25, 0.3) is 0 Å². The second kappa shape index (κ2) is 7.74. The molecule has 0 aliphatic heterocycles. The summed E-state index contributed by atoms with van der Waals surface area (Å²) in [6, 6.07) is 4.04. The highest BCUT2D eigenvalue weighted by Gasteiger charge is 2.13. The van der Waals surface area contributed by atoms with Gasteiger partial charge in [0, 0.05) is 38.8 Å². The van der Waals surface area contributed by atoms with Crippen molar-refractivity contribution in [2.45, 2.75) is 20.4 Å². The largest absolute Gasteiger partial charge is 0.370 e. The van der Waals surface area contributed by atoms with E-state index in [1.165, 1.54) is 0 Å². The van der Waals surface area contributed by atoms with Gasteiger partial charge in [-0.25, -0.2) is 4.98 Å². The third-order valence-corrected chi connectivity index (χ3v) is 2.91. The van der Waals surface area contributed by atoms with E-state index in [0.717, 1.165) is 31.0 Å². The van der Waals surface area contributed by atoms with E-state index in [1.54, 1.807) is 7.05 Å². The van der Waals surface area contributed by atoms with Gasteiger partial charge in [-0.15, -0.1) is 0 Å². The van der Waals surface area contributed by atoms with E-state index < -0.39 is 0 Å². The summed E-state index contributed by atoms with van der Waals surface area (Å²) in [5, 5.41) is 5.83. The number of nitrogens with one attached hydrogen (secondary N) is 2. The van der Waals surface area contributed by atoms with Gasteiger partial charge in [-0.05, 0) is 25.6 Å². The molecule has 1 rings (SSSR count). The Morgan fingerprint density at radius 2 is 2.21 bits per heavy atom. The SMILES string of the molecule is CCNc1ccc(CN(C)CC(C)C(=O)NC)cn1. The van der Waals surface area contributed by atoms with E-state index >= 15 is 0 Å². The molecule has 0 saturated carbocycles. The van der Waals surface area contributed by atoms with Crippen LogP contribution in [0.5, 0.6) is 0 Å². The van der Waals surface area contributed by atoms with E-state index in [4.69, 9.17) is 0 Å². The van der Waals surface area contributed by atoms with Gasteiger partial charge in [0.05, 0.1) is 0 Å². The molecule has 1 aromatic heterocycles. The van der Waals surface area contributed by atoms with Gasteiger partial charge in [0.15, 0.2) is 0 Å². The highest BCUT2D eigenvalue weighted by molar-refractivity contribution is 5.78. The van der Waals surface area contributed by atoms with Gasteiger partial charge >= 0.3 is 0 Å². The minimum atomic E-state index is -0.0102. The van der Waals surface area contributed by atoms with Crippen molar-refractivity contribution in [2.75, 3.05) is 32.5 Å². The Labute approximate surface area is 115 Å². The van der Waals surface area contributed by atoms with Crippen molar-refractivity contribution in [3.8, 4) is 0 Å². The topological polar surface area (TPSA) is 57.3 Å². The van der Waals surface area contributed by atoms with Crippen molar-refractivity contribution in [3.05, 3.63) is 23.9 Å². The van der Waals surface area contributed by atoms with Crippen LogP contribution in [0, 0.1) is 5.92 Å². The summed E-state index contributed by atoms with van der Waals surface area (Å²) in [7, 11) is 3.68. The number of aromatic nitrogens is 1. The lowest BCUT2D eigenvalue weighted by Crippen LogP contribution is -2.34. The molecule has 0 aliphatic carbocycles. The molecule has 0 aromatic carbocycles. The van der Waals surface area contributed by atoms with Crippen LogP contribution < -0.4 is 10.6 Å². The zero-order chi connectivity index (χ0) is 14.3. The molecule has 5 nitrogen and oxygen atoms in total. The molecule has 0 aliphatic rings. The minimum absolute atomic E-state index is 0.0102. The molecular formula is C14H24N4O. The number of hydrogen-bond donors (Lipinski definition) is 2. The normalized spacial score (nSPS) is 12.3. The molecular weight excluding hydrogens is 240 g/mol. The van der Waals surface area contributed by atoms with Crippen LogP contribution in [0.15, 0.2) is 18.3 Å². The van der Waals surface area contributed by atoms with Crippen molar-refractivity contribution in [2.24, 2.45) is 5.92 Å². The lowest BCUT2D eigenvalue weighted by atomic mass is 10.1. The molecule has 5 heteroatoms. The van der Waals surface area contributed by atoms with E-state index in [9.17, 15) is 4.79 Å². The fraction of sp³-hybridized carbons (Fsp3) is 0.571. The summed E-state index contributed by atoms with van der Waals surface area (Å²) in [5.41, 5.74) is 1.15. The molecule has 2 N–H and O–H groups in total. The zero-order valence-corrected chi connectivity index (χ0v) is 12.2. The Morgan fingerprint density at radius 1 is 1.47 bits per heavy atom. The number of carbonyl (C=O) groups is 1. The molecule has 0 fully saturated rings. The second-order valence-electron chi connectivity index (χ2n) is 4.79. The van der Waals surface area contributed by atoms with Crippen molar-refractivity contribution < 1.29 is 4.79 Å². The van der Waals surface area contributed by atoms with Crippen LogP contribution in [0.3, 0.4) is 0 Å². The zero-order valence-electron chi connectivity index (χ0n) is 12.2. The van der Waals surface area contributed by atoms with Gasteiger partial charge in [0.1, 0.15) is 5.82 Å². The lowest BCUT2D eigenvalue weighted by molar-refractivity contribution is -0.124. The number of rotatable bonds is 7. The van der Waals surface area contributed by atoms with E-state index in [2.05, 4.69) is 26.6 Å². The van der Waals surface area contributed by atoms with Gasteiger partial charge in [0.25, 0.3) is 0 Å². The molecule has 106 valence electrons. The van der Waals surface area contributed by atoms with Gasteiger partial charge < -0.3 is 15.5 Å². The first-order valence-electron chi connectivity index (χ1n) is 6.65. The Morgan fingerprint density at radius 3 is 2.74 bits per heavy atom. The molecule has 1 heterocycles. The van der Waals surface area contributed by atoms with E-state index in [1.807, 2.05) is 33.2 Å². The predicted molar refractivity (Wildman–Crippen MR) is 78.0 cm³/mol. The minimum Gasteiger partial charge on any atom is -0.370 e. The number of anilines is 1. The molecule has 0 bridgehead atoms. The van der Waals surface area contributed by atoms with Crippen LogP contribution in [-0.4, -0.2) is 43.0 Å². The molecule has 1 unspecified atom stereocenters. The van der Waals surface area contributed by atoms with Crippen LogP contribution in [0.2, 0.25) is 0 Å². The van der Waals surface area contributed by atoms with Crippen molar-refractivity contribution in [1.29, 1.82) is 0 Å². The van der Waals surface area contributed by atoms with Crippen LogP contribution in [-0.2, 0) is 11.3 Å². The molecule has 1 aromatic rings. The summed E-state index contributed by atoms with van der Waals surface area (Å²) in [5.74, 6) is 0.962. The van der Waals surface area contributed by atoms with Crippen LogP contribution >= 0.6 is 0 Å². The average Bonchev–Trinajstić information content (AvgIpc) is 2.40. The lowest BCUT2D eigenvalue weighted by Gasteiger charge is -2.20. The van der Waals surface area contributed by atoms with Crippen molar-refractivity contribution in [3.63, 3.8) is 0 Å². The molecule has 19 heavy (non-hydrogen) atoms. The number of hydrogen-bond acceptors (Lipinski definition) is 4. The van der Waals surface area contributed by atoms with E-state index in [-0.39, 0.29) is 11.8 Å². The molecule has 0 saturated heterocycles. The Balaban J connectivity index is 2.47. The summed E-state index contributed by atoms with van der Waals surface area (Å²) in [4.78, 5) is 17.9. The Kier molecular flexibility index (Phi) is 6.29. The molecule has 0 radical (unpaired) electrons. The summed E-state index contributed by atoms with van der Waals surface area (Å²) in [6.07, 6.45) is 1.87.